The van der Waals surface area contributed by atoms with Crippen LogP contribution in [0.3, 0.4) is 0 Å². The maximum Gasteiger partial charge on any atom is 0.173 e. The highest BCUT2D eigenvalue weighted by Crippen LogP contribution is 2.25. The highest BCUT2D eigenvalue weighted by atomic mass is 28.4. The Morgan fingerprint density at radius 3 is 0.833 bits per heavy atom. The summed E-state index contributed by atoms with van der Waals surface area (Å²) in [5.74, 6) is 0. The predicted octanol–water partition coefficient (Wildman–Crippen LogP) is 7.44. The third-order valence-corrected chi connectivity index (χ3v) is 15.2. The van der Waals surface area contributed by atoms with Gasteiger partial charge in [-0.2, -0.15) is 0 Å². The third-order valence-electron chi connectivity index (χ3n) is 2.72. The van der Waals surface area contributed by atoms with Gasteiger partial charge in [0.2, 0.25) is 0 Å². The topological polar surface area (TPSA) is 18.5 Å². The summed E-state index contributed by atoms with van der Waals surface area (Å²) in [6.45, 7) is 32.6. The van der Waals surface area contributed by atoms with Crippen molar-refractivity contribution in [2.24, 2.45) is 0 Å². The van der Waals surface area contributed by atoms with Gasteiger partial charge in [-0.1, -0.05) is 32.6 Å². The molecule has 0 aliphatic heterocycles. The smallest absolute Gasteiger partial charge is 0.173 e. The van der Waals surface area contributed by atoms with E-state index in [1.807, 2.05) is 0 Å². The average Bonchev–Trinajstić information content (AvgIpc) is 2.03. The first-order valence-electron chi connectivity index (χ1n) is 9.52. The van der Waals surface area contributed by atoms with Crippen LogP contribution >= 0.6 is 0 Å². The van der Waals surface area contributed by atoms with Gasteiger partial charge in [0.1, 0.15) is 0 Å². The summed E-state index contributed by atoms with van der Waals surface area (Å²) in [6, 6.07) is 2.56. The monoisotopic (exact) mass is 424 g/mol. The van der Waals surface area contributed by atoms with E-state index in [1.165, 1.54) is 18.5 Å². The van der Waals surface area contributed by atoms with Crippen molar-refractivity contribution in [2.75, 3.05) is 0 Å². The molecule has 0 fully saturated rings. The summed E-state index contributed by atoms with van der Waals surface area (Å²) in [4.78, 5) is 0. The van der Waals surface area contributed by atoms with Gasteiger partial charge < -0.3 is 8.23 Å². The Hall–Kier alpha value is 1.00. The van der Waals surface area contributed by atoms with Crippen LogP contribution in [0.25, 0.3) is 0 Å². The molecule has 2 nitrogen and oxygen atoms in total. The van der Waals surface area contributed by atoms with Gasteiger partial charge in [0.15, 0.2) is 33.3 Å². The maximum absolute atomic E-state index is 6.40. The number of rotatable bonds is 8. The first kappa shape index (κ1) is 27.2. The maximum atomic E-state index is 6.40. The van der Waals surface area contributed by atoms with Crippen LogP contribution in [0.2, 0.25) is 104 Å². The van der Waals surface area contributed by atoms with Crippen LogP contribution in [0.4, 0.5) is 0 Å². The second-order valence-electron chi connectivity index (χ2n) is 11.8. The van der Waals surface area contributed by atoms with Gasteiger partial charge in [-0.3, -0.25) is 0 Å². The quantitative estimate of drug-likeness (QED) is 0.377. The molecule has 0 N–H and O–H groups in total. The van der Waals surface area contributed by atoms with Gasteiger partial charge in [0.25, 0.3) is 0 Å². The van der Waals surface area contributed by atoms with Crippen molar-refractivity contribution in [3.63, 3.8) is 0 Å². The minimum atomic E-state index is -1.46. The zero-order valence-corrected chi connectivity index (χ0v) is 24.4. The summed E-state index contributed by atoms with van der Waals surface area (Å²) < 4.78 is 12.8. The van der Waals surface area contributed by atoms with Crippen LogP contribution in [0, 0.1) is 0 Å². The highest BCUT2D eigenvalue weighted by molar-refractivity contribution is 6.85. The van der Waals surface area contributed by atoms with Gasteiger partial charge in [0.05, 0.1) is 0 Å². The van der Waals surface area contributed by atoms with E-state index in [2.05, 4.69) is 91.7 Å². The van der Waals surface area contributed by atoms with E-state index in [4.69, 9.17) is 8.23 Å². The van der Waals surface area contributed by atoms with Crippen molar-refractivity contribution < 1.29 is 8.23 Å². The normalized spacial score (nSPS) is 14.2. The molecule has 0 aliphatic carbocycles. The first-order chi connectivity index (χ1) is 10.1. The van der Waals surface area contributed by atoms with E-state index < -0.39 is 41.3 Å². The van der Waals surface area contributed by atoms with Crippen molar-refractivity contribution in [3.05, 3.63) is 0 Å². The summed E-state index contributed by atoms with van der Waals surface area (Å²) >= 11 is 0. The Balaban J connectivity index is 0. The first-order valence-corrected chi connectivity index (χ1v) is 26.6. The largest absolute Gasteiger partial charge is 0.456 e. The molecule has 0 bridgehead atoms. The number of hydrogen-bond donors (Lipinski definition) is 0. The Bertz CT molecular complexity index is 315. The minimum Gasteiger partial charge on any atom is -0.456 e. The molecule has 0 aromatic carbocycles. The molecule has 0 rings (SSSR count). The van der Waals surface area contributed by atoms with Crippen molar-refractivity contribution in [1.82, 2.24) is 0 Å². The van der Waals surface area contributed by atoms with E-state index in [0.717, 1.165) is 0 Å². The Morgan fingerprint density at radius 1 is 0.458 bits per heavy atom. The molecule has 0 saturated carbocycles. The molecule has 0 unspecified atom stereocenters. The van der Waals surface area contributed by atoms with Crippen LogP contribution in [0.5, 0.6) is 0 Å². The summed E-state index contributed by atoms with van der Waals surface area (Å²) in [6.07, 6.45) is 1.29. The molecule has 0 spiro atoms. The lowest BCUT2D eigenvalue weighted by molar-refractivity contribution is 0.535. The van der Waals surface area contributed by atoms with Crippen molar-refractivity contribution >= 4 is 41.3 Å². The molecule has 0 saturated heterocycles. The molecule has 0 radical (unpaired) electrons. The van der Waals surface area contributed by atoms with Crippen molar-refractivity contribution in [3.8, 4) is 0 Å². The molecule has 24 heavy (non-hydrogen) atoms. The van der Waals surface area contributed by atoms with Crippen LogP contribution < -0.4 is 0 Å². The van der Waals surface area contributed by atoms with Crippen LogP contribution in [0.15, 0.2) is 0 Å². The predicted molar refractivity (Wildman–Crippen MR) is 127 cm³/mol. The van der Waals surface area contributed by atoms with E-state index in [1.54, 1.807) is 0 Å². The summed E-state index contributed by atoms with van der Waals surface area (Å²) in [5, 5.41) is 0. The summed E-state index contributed by atoms with van der Waals surface area (Å²) in [5.41, 5.74) is 0. The molecule has 0 aromatic heterocycles. The van der Waals surface area contributed by atoms with Gasteiger partial charge in [-0.25, -0.2) is 0 Å². The molecule has 0 aromatic rings. The lowest BCUT2D eigenvalue weighted by atomic mass is 10.6. The van der Waals surface area contributed by atoms with Crippen molar-refractivity contribution in [2.45, 2.75) is 110 Å². The lowest BCUT2D eigenvalue weighted by Crippen LogP contribution is -2.44. The zero-order valence-electron chi connectivity index (χ0n) is 19.4. The average molecular weight is 425 g/mol. The molecule has 0 heterocycles. The van der Waals surface area contributed by atoms with Crippen LogP contribution in [0.1, 0.15) is 6.42 Å². The van der Waals surface area contributed by atoms with Crippen LogP contribution in [-0.4, -0.2) is 41.3 Å². The van der Waals surface area contributed by atoms with Gasteiger partial charge in [-0.15, -0.1) is 0 Å². The van der Waals surface area contributed by atoms with E-state index >= 15 is 0 Å². The van der Waals surface area contributed by atoms with Gasteiger partial charge in [-0.05, 0) is 77.6 Å². The van der Waals surface area contributed by atoms with Gasteiger partial charge >= 0.3 is 0 Å². The van der Waals surface area contributed by atoms with E-state index in [0.29, 0.717) is 0 Å². The third kappa shape index (κ3) is 25.2. The fourth-order valence-corrected chi connectivity index (χ4v) is 19.2. The molecular weight excluding hydrogens is 377 g/mol. The number of hydrogen-bond acceptors (Lipinski definition) is 2. The molecule has 7 heteroatoms. The second kappa shape index (κ2) is 9.80. The standard InChI is InChI=1S/C13H36O2Si4.C4H12Si/c1-16(2,3)14-18(7,8)12-11-13-19(9,10)15-17(4,5)6;1-5(2,3)4/h11-13H2,1-10H3;1-4H3. The molecular formula is C17H48O2Si5. The summed E-state index contributed by atoms with van der Waals surface area (Å²) in [7, 11) is -6.28. The highest BCUT2D eigenvalue weighted by Gasteiger charge is 2.32. The molecule has 0 aliphatic rings. The van der Waals surface area contributed by atoms with Crippen molar-refractivity contribution in [1.29, 1.82) is 0 Å². The zero-order chi connectivity index (χ0) is 20.0. The van der Waals surface area contributed by atoms with E-state index in [-0.39, 0.29) is 0 Å². The molecule has 0 atom stereocenters. The Kier molecular flexibility index (Phi) is 11.1. The second-order valence-corrected chi connectivity index (χ2v) is 35.9. The molecule has 0 amide bonds. The fraction of sp³-hybridized carbons (Fsp3) is 1.00. The van der Waals surface area contributed by atoms with E-state index in [9.17, 15) is 0 Å². The fourth-order valence-electron chi connectivity index (χ4n) is 2.70. The minimum absolute atomic E-state index is 0.611. The Labute approximate surface area is 159 Å². The lowest BCUT2D eigenvalue weighted by Gasteiger charge is -2.34. The Morgan fingerprint density at radius 2 is 0.667 bits per heavy atom. The van der Waals surface area contributed by atoms with Gasteiger partial charge in [0, 0.05) is 8.07 Å². The SMILES string of the molecule is C[Si](C)(C)C.C[Si](C)(C)O[Si](C)(C)CCC[Si](C)(C)O[Si](C)(C)C. The molecule has 148 valence electrons. The van der Waals surface area contributed by atoms with Crippen LogP contribution in [-0.2, 0) is 8.23 Å².